The lowest BCUT2D eigenvalue weighted by Gasteiger charge is -2.18. The van der Waals surface area contributed by atoms with E-state index < -0.39 is 0 Å². The van der Waals surface area contributed by atoms with Crippen LogP contribution in [0.15, 0.2) is 48.5 Å². The van der Waals surface area contributed by atoms with E-state index in [0.717, 1.165) is 5.56 Å². The molecule has 1 aliphatic heterocycles. The van der Waals surface area contributed by atoms with E-state index >= 15 is 0 Å². The van der Waals surface area contributed by atoms with Crippen molar-refractivity contribution in [1.82, 2.24) is 5.32 Å². The Morgan fingerprint density at radius 3 is 2.64 bits per heavy atom. The fraction of sp³-hybridized carbons (Fsp3) is 0.158. The zero-order chi connectivity index (χ0) is 17.6. The van der Waals surface area contributed by atoms with Crippen LogP contribution in [0.1, 0.15) is 15.9 Å². The fourth-order valence-electron chi connectivity index (χ4n) is 2.40. The van der Waals surface area contributed by atoms with Gasteiger partial charge in [-0.3, -0.25) is 9.59 Å². The van der Waals surface area contributed by atoms with Gasteiger partial charge in [-0.05, 0) is 42.0 Å². The molecule has 0 aromatic heterocycles. The van der Waals surface area contributed by atoms with Crippen LogP contribution in [-0.2, 0) is 4.79 Å². The summed E-state index contributed by atoms with van der Waals surface area (Å²) in [5.74, 6) is 0.887. The molecular formula is C19H18N2O4. The fourth-order valence-corrected chi connectivity index (χ4v) is 2.40. The minimum absolute atomic E-state index is 0.206. The summed E-state index contributed by atoms with van der Waals surface area (Å²) >= 11 is 0. The number of carbonyl (C=O) groups is 2. The van der Waals surface area contributed by atoms with Gasteiger partial charge in [-0.2, -0.15) is 0 Å². The molecule has 2 aromatic carbocycles. The average molecular weight is 338 g/mol. The van der Waals surface area contributed by atoms with E-state index in [4.69, 9.17) is 9.47 Å². The largest absolute Gasteiger partial charge is 0.486 e. The van der Waals surface area contributed by atoms with Crippen molar-refractivity contribution in [1.29, 1.82) is 0 Å². The molecule has 2 amide bonds. The lowest BCUT2D eigenvalue weighted by Crippen LogP contribution is -2.18. The summed E-state index contributed by atoms with van der Waals surface area (Å²) in [7, 11) is 1.56. The smallest absolute Gasteiger partial charge is 0.251 e. The molecule has 2 N–H and O–H groups in total. The van der Waals surface area contributed by atoms with Crippen molar-refractivity contribution in [3.8, 4) is 11.5 Å². The number of carbonyl (C=O) groups excluding carboxylic acids is 2. The van der Waals surface area contributed by atoms with Crippen LogP contribution in [0.4, 0.5) is 5.69 Å². The molecule has 0 spiro atoms. The maximum Gasteiger partial charge on any atom is 0.251 e. The summed E-state index contributed by atoms with van der Waals surface area (Å²) in [5, 5.41) is 5.28. The lowest BCUT2D eigenvalue weighted by molar-refractivity contribution is -0.111. The summed E-state index contributed by atoms with van der Waals surface area (Å²) in [6, 6.07) is 12.2. The standard InChI is InChI=1S/C19H18N2O4/c1-20-19(23)14-3-2-4-15(12-14)21-18(22)8-6-13-5-7-16-17(11-13)25-10-9-24-16/h2-8,11-12H,9-10H2,1H3,(H,20,23)(H,21,22)/b8-6+. The third kappa shape index (κ3) is 4.17. The summed E-state index contributed by atoms with van der Waals surface area (Å²) < 4.78 is 11.0. The number of amides is 2. The van der Waals surface area contributed by atoms with Crippen LogP contribution in [0.3, 0.4) is 0 Å². The number of benzene rings is 2. The van der Waals surface area contributed by atoms with Crippen LogP contribution in [0.25, 0.3) is 6.08 Å². The second-order valence-electron chi connectivity index (χ2n) is 5.39. The van der Waals surface area contributed by atoms with E-state index in [1.165, 1.54) is 6.08 Å². The first kappa shape index (κ1) is 16.6. The first-order valence-electron chi connectivity index (χ1n) is 7.86. The van der Waals surface area contributed by atoms with Crippen LogP contribution >= 0.6 is 0 Å². The molecule has 0 atom stereocenters. The molecule has 0 saturated carbocycles. The van der Waals surface area contributed by atoms with E-state index in [1.54, 1.807) is 37.4 Å². The number of hydrogen-bond acceptors (Lipinski definition) is 4. The minimum atomic E-state index is -0.288. The molecular weight excluding hydrogens is 320 g/mol. The highest BCUT2D eigenvalue weighted by atomic mass is 16.6. The van der Waals surface area contributed by atoms with Crippen LogP contribution in [0.5, 0.6) is 11.5 Å². The molecule has 0 fully saturated rings. The van der Waals surface area contributed by atoms with Gasteiger partial charge in [0.2, 0.25) is 5.91 Å². The molecule has 25 heavy (non-hydrogen) atoms. The molecule has 1 aliphatic rings. The molecule has 6 heteroatoms. The van der Waals surface area contributed by atoms with Gasteiger partial charge < -0.3 is 20.1 Å². The van der Waals surface area contributed by atoms with E-state index in [1.807, 2.05) is 18.2 Å². The van der Waals surface area contributed by atoms with Crippen LogP contribution < -0.4 is 20.1 Å². The Kier molecular flexibility index (Phi) is 4.99. The zero-order valence-corrected chi connectivity index (χ0v) is 13.7. The van der Waals surface area contributed by atoms with Crippen molar-refractivity contribution in [3.63, 3.8) is 0 Å². The quantitative estimate of drug-likeness (QED) is 0.840. The van der Waals surface area contributed by atoms with Gasteiger partial charge >= 0.3 is 0 Å². The Labute approximate surface area is 145 Å². The Hall–Kier alpha value is -3.28. The molecule has 2 aromatic rings. The minimum Gasteiger partial charge on any atom is -0.486 e. The van der Waals surface area contributed by atoms with Crippen molar-refractivity contribution in [2.45, 2.75) is 0 Å². The van der Waals surface area contributed by atoms with Gasteiger partial charge in [-0.1, -0.05) is 12.1 Å². The van der Waals surface area contributed by atoms with Gasteiger partial charge in [0.05, 0.1) is 0 Å². The highest BCUT2D eigenvalue weighted by molar-refractivity contribution is 6.03. The Balaban J connectivity index is 1.66. The first-order chi connectivity index (χ1) is 12.2. The second-order valence-corrected chi connectivity index (χ2v) is 5.39. The van der Waals surface area contributed by atoms with Crippen molar-refractivity contribution < 1.29 is 19.1 Å². The van der Waals surface area contributed by atoms with E-state index in [2.05, 4.69) is 10.6 Å². The molecule has 128 valence electrons. The summed E-state index contributed by atoms with van der Waals surface area (Å²) in [5.41, 5.74) is 1.87. The molecule has 0 aliphatic carbocycles. The van der Waals surface area contributed by atoms with E-state index in [-0.39, 0.29) is 11.8 Å². The van der Waals surface area contributed by atoms with E-state index in [0.29, 0.717) is 36.0 Å². The average Bonchev–Trinajstić information content (AvgIpc) is 2.65. The van der Waals surface area contributed by atoms with Crippen molar-refractivity contribution >= 4 is 23.6 Å². The molecule has 3 rings (SSSR count). The number of rotatable bonds is 4. The van der Waals surface area contributed by atoms with Crippen molar-refractivity contribution in [3.05, 3.63) is 59.7 Å². The monoisotopic (exact) mass is 338 g/mol. The van der Waals surface area contributed by atoms with Gasteiger partial charge in [-0.15, -0.1) is 0 Å². The predicted molar refractivity (Wildman–Crippen MR) is 94.9 cm³/mol. The Morgan fingerprint density at radius 1 is 1.04 bits per heavy atom. The number of hydrogen-bond donors (Lipinski definition) is 2. The van der Waals surface area contributed by atoms with Gasteiger partial charge in [0.1, 0.15) is 13.2 Å². The van der Waals surface area contributed by atoms with Gasteiger partial charge in [0.15, 0.2) is 11.5 Å². The number of ether oxygens (including phenoxy) is 2. The van der Waals surface area contributed by atoms with Crippen LogP contribution in [0.2, 0.25) is 0 Å². The Morgan fingerprint density at radius 2 is 1.84 bits per heavy atom. The predicted octanol–water partition coefficient (Wildman–Crippen LogP) is 2.47. The topological polar surface area (TPSA) is 76.7 Å². The SMILES string of the molecule is CNC(=O)c1cccc(NC(=O)/C=C/c2ccc3c(c2)OCCO3)c1. The summed E-state index contributed by atoms with van der Waals surface area (Å²) in [6.07, 6.45) is 3.12. The first-order valence-corrected chi connectivity index (χ1v) is 7.86. The third-order valence-corrected chi connectivity index (χ3v) is 3.61. The summed E-state index contributed by atoms with van der Waals surface area (Å²) in [4.78, 5) is 23.7. The van der Waals surface area contributed by atoms with Crippen LogP contribution in [0, 0.1) is 0 Å². The second kappa shape index (κ2) is 7.53. The van der Waals surface area contributed by atoms with E-state index in [9.17, 15) is 9.59 Å². The molecule has 0 unspecified atom stereocenters. The third-order valence-electron chi connectivity index (χ3n) is 3.61. The molecule has 0 bridgehead atoms. The van der Waals surface area contributed by atoms with Crippen molar-refractivity contribution in [2.75, 3.05) is 25.6 Å². The van der Waals surface area contributed by atoms with Gasteiger partial charge in [0, 0.05) is 24.4 Å². The zero-order valence-electron chi connectivity index (χ0n) is 13.7. The summed E-state index contributed by atoms with van der Waals surface area (Å²) in [6.45, 7) is 1.06. The lowest BCUT2D eigenvalue weighted by atomic mass is 10.1. The normalized spacial score (nSPS) is 12.7. The van der Waals surface area contributed by atoms with Gasteiger partial charge in [0.25, 0.3) is 5.91 Å². The number of fused-ring (bicyclic) bond motifs is 1. The molecule has 0 saturated heterocycles. The number of anilines is 1. The number of nitrogens with one attached hydrogen (secondary N) is 2. The van der Waals surface area contributed by atoms with Gasteiger partial charge in [-0.25, -0.2) is 0 Å². The van der Waals surface area contributed by atoms with Crippen LogP contribution in [-0.4, -0.2) is 32.1 Å². The highest BCUT2D eigenvalue weighted by Crippen LogP contribution is 2.31. The maximum atomic E-state index is 12.1. The highest BCUT2D eigenvalue weighted by Gasteiger charge is 2.11. The molecule has 0 radical (unpaired) electrons. The molecule has 6 nitrogen and oxygen atoms in total. The maximum absolute atomic E-state index is 12.1. The Bertz CT molecular complexity index is 830. The van der Waals surface area contributed by atoms with Crippen molar-refractivity contribution in [2.24, 2.45) is 0 Å². The molecule has 1 heterocycles.